The number of aryl methyl sites for hydroxylation is 1. The van der Waals surface area contributed by atoms with E-state index >= 15 is 0 Å². The van der Waals surface area contributed by atoms with Crippen molar-refractivity contribution in [2.45, 2.75) is 13.8 Å². The van der Waals surface area contributed by atoms with Crippen molar-refractivity contribution in [3.63, 3.8) is 0 Å². The van der Waals surface area contributed by atoms with E-state index in [1.807, 2.05) is 25.1 Å². The molecule has 0 aliphatic carbocycles. The van der Waals surface area contributed by atoms with E-state index in [2.05, 4.69) is 0 Å². The molecule has 0 saturated heterocycles. The van der Waals surface area contributed by atoms with Crippen LogP contribution < -0.4 is 0 Å². The van der Waals surface area contributed by atoms with Gasteiger partial charge in [-0.05, 0) is 37.6 Å². The molecule has 0 aromatic heterocycles. The Morgan fingerprint density at radius 1 is 1.06 bits per heavy atom. The molecule has 0 spiro atoms. The third-order valence-electron chi connectivity index (χ3n) is 2.86. The Bertz CT molecular complexity index is 618. The maximum atomic E-state index is 12.4. The summed E-state index contributed by atoms with van der Waals surface area (Å²) < 4.78 is 0. The van der Waals surface area contributed by atoms with E-state index in [1.54, 1.807) is 25.1 Å². The van der Waals surface area contributed by atoms with Crippen LogP contribution in [0.25, 0.3) is 0 Å². The predicted octanol–water partition coefficient (Wildman–Crippen LogP) is 4.84. The van der Waals surface area contributed by atoms with Crippen LogP contribution in [0.2, 0.25) is 10.0 Å². The van der Waals surface area contributed by atoms with Crippen molar-refractivity contribution in [2.75, 3.05) is 0 Å². The molecule has 0 N–H and O–H groups in total. The number of benzene rings is 2. The zero-order valence-corrected chi connectivity index (χ0v) is 11.6. The SMILES string of the molecule is Cc1cccc(C(=O)c2ccc(Cl)c(Cl)c2C)c1. The standard InChI is InChI=1S/C15H12Cl2O/c1-9-4-3-5-11(8-9)15(18)12-6-7-13(16)14(17)10(12)2/h3-8H,1-2H3. The molecule has 0 saturated carbocycles. The highest BCUT2D eigenvalue weighted by molar-refractivity contribution is 6.42. The van der Waals surface area contributed by atoms with Crippen molar-refractivity contribution < 1.29 is 4.79 Å². The number of ketones is 1. The largest absolute Gasteiger partial charge is 0.289 e. The maximum absolute atomic E-state index is 12.4. The van der Waals surface area contributed by atoms with Crippen molar-refractivity contribution in [1.82, 2.24) is 0 Å². The molecule has 2 aromatic rings. The van der Waals surface area contributed by atoms with E-state index in [4.69, 9.17) is 23.2 Å². The number of halogens is 2. The van der Waals surface area contributed by atoms with Crippen LogP contribution >= 0.6 is 23.2 Å². The van der Waals surface area contributed by atoms with Crippen molar-refractivity contribution in [1.29, 1.82) is 0 Å². The van der Waals surface area contributed by atoms with E-state index in [0.717, 1.165) is 11.1 Å². The van der Waals surface area contributed by atoms with Crippen LogP contribution in [-0.4, -0.2) is 5.78 Å². The van der Waals surface area contributed by atoms with Gasteiger partial charge >= 0.3 is 0 Å². The molecule has 92 valence electrons. The number of rotatable bonds is 2. The molecule has 0 amide bonds. The summed E-state index contributed by atoms with van der Waals surface area (Å²) in [6.45, 7) is 3.76. The van der Waals surface area contributed by atoms with Gasteiger partial charge in [-0.25, -0.2) is 0 Å². The van der Waals surface area contributed by atoms with Gasteiger partial charge < -0.3 is 0 Å². The lowest BCUT2D eigenvalue weighted by molar-refractivity contribution is 0.103. The first-order chi connectivity index (χ1) is 8.50. The van der Waals surface area contributed by atoms with Crippen LogP contribution in [0.3, 0.4) is 0 Å². The third-order valence-corrected chi connectivity index (χ3v) is 3.76. The molecule has 0 bridgehead atoms. The molecule has 0 heterocycles. The highest BCUT2D eigenvalue weighted by Gasteiger charge is 2.15. The van der Waals surface area contributed by atoms with Gasteiger partial charge in [0.05, 0.1) is 10.0 Å². The molecule has 2 aromatic carbocycles. The monoisotopic (exact) mass is 278 g/mol. The number of carbonyl (C=O) groups is 1. The Balaban J connectivity index is 2.50. The van der Waals surface area contributed by atoms with Gasteiger partial charge in [0.1, 0.15) is 0 Å². The van der Waals surface area contributed by atoms with Gasteiger partial charge in [0, 0.05) is 11.1 Å². The minimum absolute atomic E-state index is 0.0326. The first kappa shape index (κ1) is 13.1. The Morgan fingerprint density at radius 3 is 2.44 bits per heavy atom. The summed E-state index contributed by atoms with van der Waals surface area (Å²) in [5.41, 5.74) is 3.03. The van der Waals surface area contributed by atoms with Gasteiger partial charge in [0.2, 0.25) is 0 Å². The van der Waals surface area contributed by atoms with Crippen molar-refractivity contribution >= 4 is 29.0 Å². The lowest BCUT2D eigenvalue weighted by Crippen LogP contribution is -2.04. The summed E-state index contributed by atoms with van der Waals surface area (Å²) in [7, 11) is 0. The first-order valence-electron chi connectivity index (χ1n) is 5.56. The van der Waals surface area contributed by atoms with Gasteiger partial charge in [0.15, 0.2) is 5.78 Å². The van der Waals surface area contributed by atoms with Crippen LogP contribution in [0.1, 0.15) is 27.0 Å². The molecule has 0 aliphatic rings. The third kappa shape index (κ3) is 2.43. The summed E-state index contributed by atoms with van der Waals surface area (Å²) in [5.74, 6) is -0.0326. The minimum atomic E-state index is -0.0326. The van der Waals surface area contributed by atoms with E-state index in [0.29, 0.717) is 21.2 Å². The van der Waals surface area contributed by atoms with Crippen LogP contribution in [0.15, 0.2) is 36.4 Å². The topological polar surface area (TPSA) is 17.1 Å². The smallest absolute Gasteiger partial charge is 0.193 e. The number of hydrogen-bond donors (Lipinski definition) is 0. The van der Waals surface area contributed by atoms with E-state index in [9.17, 15) is 4.79 Å². The molecule has 0 aliphatic heterocycles. The van der Waals surface area contributed by atoms with Crippen molar-refractivity contribution in [3.8, 4) is 0 Å². The molecule has 0 fully saturated rings. The van der Waals surface area contributed by atoms with E-state index in [1.165, 1.54) is 0 Å². The van der Waals surface area contributed by atoms with Crippen LogP contribution in [-0.2, 0) is 0 Å². The lowest BCUT2D eigenvalue weighted by atomic mass is 9.98. The van der Waals surface area contributed by atoms with E-state index in [-0.39, 0.29) is 5.78 Å². The zero-order chi connectivity index (χ0) is 13.3. The molecular formula is C15H12Cl2O. The van der Waals surface area contributed by atoms with Gasteiger partial charge in [0.25, 0.3) is 0 Å². The van der Waals surface area contributed by atoms with Gasteiger partial charge in [-0.2, -0.15) is 0 Å². The second kappa shape index (κ2) is 5.13. The Labute approximate surface area is 116 Å². The fourth-order valence-electron chi connectivity index (χ4n) is 1.84. The van der Waals surface area contributed by atoms with Crippen LogP contribution in [0.5, 0.6) is 0 Å². The Kier molecular flexibility index (Phi) is 3.74. The maximum Gasteiger partial charge on any atom is 0.193 e. The van der Waals surface area contributed by atoms with Gasteiger partial charge in [-0.15, -0.1) is 0 Å². The summed E-state index contributed by atoms with van der Waals surface area (Å²) in [5, 5.41) is 0.908. The molecule has 0 radical (unpaired) electrons. The zero-order valence-electron chi connectivity index (χ0n) is 10.1. The van der Waals surface area contributed by atoms with Crippen LogP contribution in [0.4, 0.5) is 0 Å². The highest BCUT2D eigenvalue weighted by Crippen LogP contribution is 2.29. The molecular weight excluding hydrogens is 267 g/mol. The fourth-order valence-corrected chi connectivity index (χ4v) is 2.21. The van der Waals surface area contributed by atoms with Gasteiger partial charge in [-0.1, -0.05) is 47.0 Å². The minimum Gasteiger partial charge on any atom is -0.289 e. The lowest BCUT2D eigenvalue weighted by Gasteiger charge is -2.08. The second-order valence-electron chi connectivity index (χ2n) is 4.23. The predicted molar refractivity (Wildman–Crippen MR) is 75.8 cm³/mol. The molecule has 1 nitrogen and oxygen atoms in total. The van der Waals surface area contributed by atoms with Crippen LogP contribution in [0, 0.1) is 13.8 Å². The second-order valence-corrected chi connectivity index (χ2v) is 5.02. The average molecular weight is 279 g/mol. The van der Waals surface area contributed by atoms with Crippen molar-refractivity contribution in [2.24, 2.45) is 0 Å². The summed E-state index contributed by atoms with van der Waals surface area (Å²) >= 11 is 12.0. The number of carbonyl (C=O) groups excluding carboxylic acids is 1. The van der Waals surface area contributed by atoms with Gasteiger partial charge in [-0.3, -0.25) is 4.79 Å². The summed E-state index contributed by atoms with van der Waals surface area (Å²) in [4.78, 5) is 12.4. The fraction of sp³-hybridized carbons (Fsp3) is 0.133. The van der Waals surface area contributed by atoms with Crippen molar-refractivity contribution in [3.05, 3.63) is 68.7 Å². The molecule has 18 heavy (non-hydrogen) atoms. The quantitative estimate of drug-likeness (QED) is 0.719. The molecule has 2 rings (SSSR count). The molecule has 3 heteroatoms. The first-order valence-corrected chi connectivity index (χ1v) is 6.32. The number of hydrogen-bond acceptors (Lipinski definition) is 1. The summed E-state index contributed by atoms with van der Waals surface area (Å²) in [6, 6.07) is 10.9. The normalized spacial score (nSPS) is 10.4. The summed E-state index contributed by atoms with van der Waals surface area (Å²) in [6.07, 6.45) is 0. The average Bonchev–Trinajstić information content (AvgIpc) is 2.35. The Morgan fingerprint density at radius 2 is 1.78 bits per heavy atom. The van der Waals surface area contributed by atoms with E-state index < -0.39 is 0 Å². The molecule has 0 atom stereocenters. The Hall–Kier alpha value is -1.31. The highest BCUT2D eigenvalue weighted by atomic mass is 35.5. The molecule has 0 unspecified atom stereocenters.